The summed E-state index contributed by atoms with van der Waals surface area (Å²) in [6.45, 7) is 2.04. The van der Waals surface area contributed by atoms with Gasteiger partial charge in [0.25, 0.3) is 0 Å². The number of nitriles is 1. The summed E-state index contributed by atoms with van der Waals surface area (Å²) >= 11 is 1.87. The molecule has 1 rings (SSSR count). The van der Waals surface area contributed by atoms with E-state index in [0.717, 1.165) is 0 Å². The molecule has 16 heavy (non-hydrogen) atoms. The molecular weight excluding hydrogens is 321 g/mol. The zero-order valence-corrected chi connectivity index (χ0v) is 10.8. The number of rotatable bonds is 3. The molecule has 0 heterocycles. The van der Waals surface area contributed by atoms with Gasteiger partial charge in [0.05, 0.1) is 22.2 Å². The molecule has 0 radical (unpaired) electrons. The summed E-state index contributed by atoms with van der Waals surface area (Å²) < 4.78 is 5.26. The van der Waals surface area contributed by atoms with Gasteiger partial charge in [0, 0.05) is 0 Å². The lowest BCUT2D eigenvalue weighted by molar-refractivity contribution is -0.142. The first-order chi connectivity index (χ1) is 7.60. The van der Waals surface area contributed by atoms with Crippen molar-refractivity contribution in [1.82, 2.24) is 0 Å². The van der Waals surface area contributed by atoms with Crippen molar-refractivity contribution in [2.75, 3.05) is 6.61 Å². The van der Waals surface area contributed by atoms with Crippen LogP contribution in [-0.2, 0) is 16.0 Å². The molecule has 0 unspecified atom stereocenters. The predicted molar refractivity (Wildman–Crippen MR) is 65.9 cm³/mol. The Hall–Kier alpha value is -1.29. The fourth-order valence-corrected chi connectivity index (χ4v) is 1.89. The van der Waals surface area contributed by atoms with E-state index in [-0.39, 0.29) is 18.1 Å². The van der Waals surface area contributed by atoms with Gasteiger partial charge in [0.1, 0.15) is 11.8 Å². The molecule has 0 saturated carbocycles. The molecule has 0 spiro atoms. The highest BCUT2D eigenvalue weighted by atomic mass is 127. The Kier molecular flexibility index (Phi) is 4.55. The van der Waals surface area contributed by atoms with Gasteiger partial charge in [-0.15, -0.1) is 0 Å². The highest BCUT2D eigenvalue weighted by molar-refractivity contribution is 14.1. The normalized spacial score (nSPS) is 9.56. The Bertz CT molecular complexity index is 451. The highest BCUT2D eigenvalue weighted by Gasteiger charge is 2.13. The fourth-order valence-electron chi connectivity index (χ4n) is 1.24. The number of phenols is 1. The molecule has 4 nitrogen and oxygen atoms in total. The monoisotopic (exact) mass is 331 g/mol. The number of hydrogen-bond donors (Lipinski definition) is 1. The summed E-state index contributed by atoms with van der Waals surface area (Å²) in [5, 5.41) is 18.4. The summed E-state index contributed by atoms with van der Waals surface area (Å²) in [6, 6.07) is 5.01. The Labute approximate surface area is 107 Å². The van der Waals surface area contributed by atoms with Crippen molar-refractivity contribution in [3.05, 3.63) is 26.8 Å². The van der Waals surface area contributed by atoms with Gasteiger partial charge in [-0.2, -0.15) is 5.26 Å². The first kappa shape index (κ1) is 12.8. The number of aromatic hydroxyl groups is 1. The van der Waals surface area contributed by atoms with Gasteiger partial charge in [-0.3, -0.25) is 4.79 Å². The second kappa shape index (κ2) is 5.70. The highest BCUT2D eigenvalue weighted by Crippen LogP contribution is 2.26. The van der Waals surface area contributed by atoms with Gasteiger partial charge in [0.15, 0.2) is 0 Å². The van der Waals surface area contributed by atoms with Gasteiger partial charge >= 0.3 is 5.97 Å². The van der Waals surface area contributed by atoms with Gasteiger partial charge in [0.2, 0.25) is 0 Å². The molecule has 1 N–H and O–H groups in total. The molecule has 0 amide bonds. The lowest BCUT2D eigenvalue weighted by atomic mass is 10.1. The molecule has 1 aromatic rings. The number of ether oxygens (including phenoxy) is 1. The molecular formula is C11H10INO3. The van der Waals surface area contributed by atoms with Crippen molar-refractivity contribution in [2.24, 2.45) is 0 Å². The largest absolute Gasteiger partial charge is 0.507 e. The Morgan fingerprint density at radius 3 is 2.88 bits per heavy atom. The average Bonchev–Trinajstić information content (AvgIpc) is 2.24. The molecule has 0 aliphatic carbocycles. The van der Waals surface area contributed by atoms with Gasteiger partial charge in [-0.05, 0) is 41.1 Å². The number of carbonyl (C=O) groups is 1. The minimum absolute atomic E-state index is 0.0461. The van der Waals surface area contributed by atoms with E-state index in [2.05, 4.69) is 0 Å². The zero-order valence-electron chi connectivity index (χ0n) is 8.66. The Morgan fingerprint density at radius 1 is 1.62 bits per heavy atom. The molecule has 1 aromatic carbocycles. The third kappa shape index (κ3) is 2.85. The Balaban J connectivity index is 3.02. The molecule has 0 aromatic heterocycles. The van der Waals surface area contributed by atoms with Crippen molar-refractivity contribution < 1.29 is 14.6 Å². The van der Waals surface area contributed by atoms with Crippen LogP contribution in [0, 0.1) is 14.9 Å². The number of phenolic OH excluding ortho intramolecular Hbond substituents is 1. The summed E-state index contributed by atoms with van der Waals surface area (Å²) in [7, 11) is 0. The second-order valence-electron chi connectivity index (χ2n) is 3.03. The lowest BCUT2D eigenvalue weighted by Gasteiger charge is -2.06. The third-order valence-electron chi connectivity index (χ3n) is 1.96. The maximum Gasteiger partial charge on any atom is 0.310 e. The van der Waals surface area contributed by atoms with Crippen LogP contribution < -0.4 is 0 Å². The van der Waals surface area contributed by atoms with E-state index in [4.69, 9.17) is 10.00 Å². The topological polar surface area (TPSA) is 70.3 Å². The van der Waals surface area contributed by atoms with Crippen LogP contribution in [0.2, 0.25) is 0 Å². The predicted octanol–water partition coefficient (Wildman–Crippen LogP) is 1.97. The number of halogens is 1. The summed E-state index contributed by atoms with van der Waals surface area (Å²) in [5.41, 5.74) is 0.900. The van der Waals surface area contributed by atoms with E-state index in [1.165, 1.54) is 6.07 Å². The molecule has 0 aliphatic rings. The van der Waals surface area contributed by atoms with Crippen LogP contribution in [0.3, 0.4) is 0 Å². The molecule has 84 valence electrons. The van der Waals surface area contributed by atoms with Crippen LogP contribution in [0.15, 0.2) is 12.1 Å². The average molecular weight is 331 g/mol. The standard InChI is InChI=1S/C11H10INO3/c1-2-16-10(15)5-7-3-4-9(14)11(12)8(7)6-13/h3-4,14H,2,5H2,1H3. The van der Waals surface area contributed by atoms with Crippen LogP contribution >= 0.6 is 22.6 Å². The molecule has 5 heteroatoms. The lowest BCUT2D eigenvalue weighted by Crippen LogP contribution is -2.09. The second-order valence-corrected chi connectivity index (χ2v) is 4.11. The molecule has 0 fully saturated rings. The number of nitrogens with zero attached hydrogens (tertiary/aromatic N) is 1. The maximum absolute atomic E-state index is 11.3. The van der Waals surface area contributed by atoms with E-state index >= 15 is 0 Å². The van der Waals surface area contributed by atoms with E-state index in [1.807, 2.05) is 28.7 Å². The van der Waals surface area contributed by atoms with Gasteiger partial charge < -0.3 is 9.84 Å². The molecule has 0 saturated heterocycles. The number of benzene rings is 1. The van der Waals surface area contributed by atoms with Crippen LogP contribution in [0.25, 0.3) is 0 Å². The van der Waals surface area contributed by atoms with Crippen LogP contribution in [0.5, 0.6) is 5.75 Å². The van der Waals surface area contributed by atoms with E-state index in [1.54, 1.807) is 13.0 Å². The first-order valence-corrected chi connectivity index (χ1v) is 5.74. The smallest absolute Gasteiger partial charge is 0.310 e. The van der Waals surface area contributed by atoms with Crippen molar-refractivity contribution >= 4 is 28.6 Å². The van der Waals surface area contributed by atoms with Crippen molar-refractivity contribution in [2.45, 2.75) is 13.3 Å². The Morgan fingerprint density at radius 2 is 2.31 bits per heavy atom. The summed E-state index contributed by atoms with van der Waals surface area (Å²) in [4.78, 5) is 11.3. The zero-order chi connectivity index (χ0) is 12.1. The van der Waals surface area contributed by atoms with Gasteiger partial charge in [-0.25, -0.2) is 0 Å². The summed E-state index contributed by atoms with van der Waals surface area (Å²) in [6.07, 6.45) is 0.0486. The summed E-state index contributed by atoms with van der Waals surface area (Å²) in [5.74, 6) is -0.328. The molecule has 0 atom stereocenters. The quantitative estimate of drug-likeness (QED) is 0.679. The van der Waals surface area contributed by atoms with Crippen LogP contribution in [-0.4, -0.2) is 17.7 Å². The SMILES string of the molecule is CCOC(=O)Cc1ccc(O)c(I)c1C#N. The number of esters is 1. The van der Waals surface area contributed by atoms with E-state index < -0.39 is 0 Å². The number of carbonyl (C=O) groups excluding carboxylic acids is 1. The van der Waals surface area contributed by atoms with Crippen molar-refractivity contribution in [1.29, 1.82) is 5.26 Å². The third-order valence-corrected chi connectivity index (χ3v) is 3.05. The first-order valence-electron chi connectivity index (χ1n) is 4.66. The number of hydrogen-bond acceptors (Lipinski definition) is 4. The van der Waals surface area contributed by atoms with E-state index in [9.17, 15) is 9.90 Å². The van der Waals surface area contributed by atoms with Crippen LogP contribution in [0.1, 0.15) is 18.1 Å². The molecule has 0 bridgehead atoms. The maximum atomic E-state index is 11.3. The van der Waals surface area contributed by atoms with Crippen LogP contribution in [0.4, 0.5) is 0 Å². The molecule has 0 aliphatic heterocycles. The fraction of sp³-hybridized carbons (Fsp3) is 0.273. The van der Waals surface area contributed by atoms with Crippen molar-refractivity contribution in [3.63, 3.8) is 0 Å². The van der Waals surface area contributed by atoms with Gasteiger partial charge in [-0.1, -0.05) is 6.07 Å². The van der Waals surface area contributed by atoms with E-state index in [0.29, 0.717) is 21.3 Å². The minimum atomic E-state index is -0.375. The minimum Gasteiger partial charge on any atom is -0.507 e. The van der Waals surface area contributed by atoms with Crippen molar-refractivity contribution in [3.8, 4) is 11.8 Å².